The molecule has 0 aliphatic carbocycles. The fraction of sp³-hybridized carbons (Fsp3) is 0.611. The zero-order valence-electron chi connectivity index (χ0n) is 14.3. The molecular formula is C18H29N3S. The molecule has 0 amide bonds. The van der Waals surface area contributed by atoms with Crippen LogP contribution in [0.2, 0.25) is 0 Å². The minimum absolute atomic E-state index is 0.507. The van der Waals surface area contributed by atoms with Crippen molar-refractivity contribution in [3.8, 4) is 0 Å². The third-order valence-electron chi connectivity index (χ3n) is 4.70. The van der Waals surface area contributed by atoms with E-state index in [4.69, 9.17) is 12.2 Å². The highest BCUT2D eigenvalue weighted by molar-refractivity contribution is 7.80. The van der Waals surface area contributed by atoms with Crippen LogP contribution in [0.1, 0.15) is 44.2 Å². The molecule has 1 aliphatic rings. The maximum Gasteiger partial charge on any atom is 0.170 e. The van der Waals surface area contributed by atoms with E-state index in [0.717, 1.165) is 12.2 Å². The Hall–Kier alpha value is -1.13. The third-order valence-corrected chi connectivity index (χ3v) is 4.94. The topological polar surface area (TPSA) is 27.3 Å². The molecule has 22 heavy (non-hydrogen) atoms. The summed E-state index contributed by atoms with van der Waals surface area (Å²) in [6.07, 6.45) is 4.00. The maximum atomic E-state index is 5.46. The Labute approximate surface area is 140 Å². The number of aryl methyl sites for hydroxylation is 2. The van der Waals surface area contributed by atoms with Gasteiger partial charge in [-0.1, -0.05) is 24.6 Å². The van der Waals surface area contributed by atoms with Crippen molar-refractivity contribution in [2.45, 2.75) is 59.0 Å². The molecule has 1 aliphatic heterocycles. The number of para-hydroxylation sites is 1. The zero-order chi connectivity index (χ0) is 16.1. The number of piperidine rings is 1. The van der Waals surface area contributed by atoms with Crippen LogP contribution in [0.4, 0.5) is 5.69 Å². The molecule has 1 aromatic rings. The first-order chi connectivity index (χ1) is 10.5. The van der Waals surface area contributed by atoms with Gasteiger partial charge in [-0.15, -0.1) is 0 Å². The summed E-state index contributed by atoms with van der Waals surface area (Å²) in [5.74, 6) is 0. The minimum Gasteiger partial charge on any atom is -0.361 e. The molecule has 0 radical (unpaired) electrons. The quantitative estimate of drug-likeness (QED) is 0.824. The molecule has 1 heterocycles. The van der Waals surface area contributed by atoms with Crippen LogP contribution < -0.4 is 10.6 Å². The van der Waals surface area contributed by atoms with Gasteiger partial charge in [0.25, 0.3) is 0 Å². The summed E-state index contributed by atoms with van der Waals surface area (Å²) >= 11 is 5.46. The van der Waals surface area contributed by atoms with Gasteiger partial charge in [-0.25, -0.2) is 0 Å². The Morgan fingerprint density at radius 1 is 1.32 bits per heavy atom. The number of thiocarbonyl (C=S) groups is 1. The van der Waals surface area contributed by atoms with E-state index in [0.29, 0.717) is 17.2 Å². The first-order valence-corrected chi connectivity index (χ1v) is 8.76. The average molecular weight is 320 g/mol. The smallest absolute Gasteiger partial charge is 0.170 e. The molecule has 0 bridgehead atoms. The largest absolute Gasteiger partial charge is 0.361 e. The van der Waals surface area contributed by atoms with E-state index < -0.39 is 0 Å². The number of hydrogen-bond acceptors (Lipinski definition) is 2. The van der Waals surface area contributed by atoms with Gasteiger partial charge in [-0.05, 0) is 70.4 Å². The number of benzene rings is 1. The molecule has 1 aromatic carbocycles. The molecule has 0 aromatic heterocycles. The fourth-order valence-electron chi connectivity index (χ4n) is 3.30. The fourth-order valence-corrected chi connectivity index (χ4v) is 3.49. The molecule has 1 saturated heterocycles. The van der Waals surface area contributed by atoms with Crippen LogP contribution in [0.25, 0.3) is 0 Å². The van der Waals surface area contributed by atoms with Crippen LogP contribution in [0.3, 0.4) is 0 Å². The maximum absolute atomic E-state index is 5.46. The van der Waals surface area contributed by atoms with Crippen LogP contribution in [-0.2, 0) is 0 Å². The lowest BCUT2D eigenvalue weighted by atomic mass is 10.0. The number of anilines is 1. The van der Waals surface area contributed by atoms with Crippen molar-refractivity contribution in [1.29, 1.82) is 0 Å². The highest BCUT2D eigenvalue weighted by atomic mass is 32.1. The molecular weight excluding hydrogens is 290 g/mol. The molecule has 0 spiro atoms. The van der Waals surface area contributed by atoms with Crippen molar-refractivity contribution in [1.82, 2.24) is 10.2 Å². The molecule has 0 unspecified atom stereocenters. The van der Waals surface area contributed by atoms with Crippen LogP contribution >= 0.6 is 12.2 Å². The first kappa shape index (κ1) is 17.2. The highest BCUT2D eigenvalue weighted by Gasteiger charge is 2.22. The average Bonchev–Trinajstić information content (AvgIpc) is 2.49. The van der Waals surface area contributed by atoms with Crippen LogP contribution in [0, 0.1) is 13.8 Å². The summed E-state index contributed by atoms with van der Waals surface area (Å²) in [4.78, 5) is 2.60. The van der Waals surface area contributed by atoms with E-state index in [2.05, 4.69) is 61.4 Å². The Morgan fingerprint density at radius 3 is 2.64 bits per heavy atom. The van der Waals surface area contributed by atoms with E-state index in [1.807, 2.05) is 0 Å². The lowest BCUT2D eigenvalue weighted by Crippen LogP contribution is -2.49. The predicted octanol–water partition coefficient (Wildman–Crippen LogP) is 3.85. The van der Waals surface area contributed by atoms with Crippen molar-refractivity contribution in [2.75, 3.05) is 18.4 Å². The summed E-state index contributed by atoms with van der Waals surface area (Å²) in [7, 11) is 0. The van der Waals surface area contributed by atoms with Crippen molar-refractivity contribution in [3.63, 3.8) is 0 Å². The number of nitrogens with one attached hydrogen (secondary N) is 2. The number of nitrogens with zero attached hydrogens (tertiary/aromatic N) is 1. The number of likely N-dealkylation sites (tertiary alicyclic amines) is 1. The predicted molar refractivity (Wildman–Crippen MR) is 99.6 cm³/mol. The van der Waals surface area contributed by atoms with Gasteiger partial charge in [0, 0.05) is 24.3 Å². The van der Waals surface area contributed by atoms with Gasteiger partial charge in [0.1, 0.15) is 0 Å². The highest BCUT2D eigenvalue weighted by Crippen LogP contribution is 2.20. The molecule has 3 nitrogen and oxygen atoms in total. The number of hydrogen-bond donors (Lipinski definition) is 2. The summed E-state index contributed by atoms with van der Waals surface area (Å²) in [5.41, 5.74) is 3.57. The SMILES string of the molecule is Cc1cccc(C)c1NC(=S)NC[C@H](C)N1CCCC[C@@H]1C. The molecule has 0 saturated carbocycles. The van der Waals surface area contributed by atoms with Crippen LogP contribution in [0.5, 0.6) is 0 Å². The second-order valence-corrected chi connectivity index (χ2v) is 6.94. The summed E-state index contributed by atoms with van der Waals surface area (Å²) in [6, 6.07) is 7.48. The monoisotopic (exact) mass is 319 g/mol. The van der Waals surface area contributed by atoms with E-state index in [1.54, 1.807) is 0 Å². The van der Waals surface area contributed by atoms with E-state index in [9.17, 15) is 0 Å². The van der Waals surface area contributed by atoms with E-state index >= 15 is 0 Å². The third kappa shape index (κ3) is 4.43. The van der Waals surface area contributed by atoms with Crippen LogP contribution in [0.15, 0.2) is 18.2 Å². The molecule has 2 atom stereocenters. The number of rotatable bonds is 4. The van der Waals surface area contributed by atoms with Gasteiger partial charge >= 0.3 is 0 Å². The molecule has 2 rings (SSSR count). The molecule has 2 N–H and O–H groups in total. The van der Waals surface area contributed by atoms with Gasteiger partial charge < -0.3 is 10.6 Å². The second kappa shape index (κ2) is 7.93. The van der Waals surface area contributed by atoms with Crippen molar-refractivity contribution in [2.24, 2.45) is 0 Å². The standard InChI is InChI=1S/C18H29N3S/c1-13-8-7-9-14(2)17(13)20-18(22)19-12-16(4)21-11-6-5-10-15(21)3/h7-9,15-16H,5-6,10-12H2,1-4H3,(H2,19,20,22)/t15-,16-/m0/s1. The molecule has 122 valence electrons. The second-order valence-electron chi connectivity index (χ2n) is 6.53. The minimum atomic E-state index is 0.507. The van der Waals surface area contributed by atoms with Crippen molar-refractivity contribution >= 4 is 23.0 Å². The molecule has 4 heteroatoms. The Kier molecular flexibility index (Phi) is 6.21. The normalized spacial score (nSPS) is 20.5. The van der Waals surface area contributed by atoms with Crippen molar-refractivity contribution in [3.05, 3.63) is 29.3 Å². The van der Waals surface area contributed by atoms with Gasteiger partial charge in [0.2, 0.25) is 0 Å². The van der Waals surface area contributed by atoms with E-state index in [1.165, 1.54) is 36.9 Å². The Bertz CT molecular complexity index is 495. The van der Waals surface area contributed by atoms with Gasteiger partial charge in [-0.3, -0.25) is 4.90 Å². The van der Waals surface area contributed by atoms with Crippen LogP contribution in [-0.4, -0.2) is 35.2 Å². The summed E-state index contributed by atoms with van der Waals surface area (Å²) < 4.78 is 0. The van der Waals surface area contributed by atoms with E-state index in [-0.39, 0.29) is 0 Å². The zero-order valence-corrected chi connectivity index (χ0v) is 15.1. The Balaban J connectivity index is 1.85. The lowest BCUT2D eigenvalue weighted by Gasteiger charge is -2.38. The van der Waals surface area contributed by atoms with Crippen molar-refractivity contribution < 1.29 is 0 Å². The van der Waals surface area contributed by atoms with Gasteiger partial charge in [0.05, 0.1) is 0 Å². The first-order valence-electron chi connectivity index (χ1n) is 8.36. The van der Waals surface area contributed by atoms with Gasteiger partial charge in [0.15, 0.2) is 5.11 Å². The molecule has 1 fully saturated rings. The Morgan fingerprint density at radius 2 is 2.00 bits per heavy atom. The van der Waals surface area contributed by atoms with Gasteiger partial charge in [-0.2, -0.15) is 0 Å². The lowest BCUT2D eigenvalue weighted by molar-refractivity contribution is 0.116. The summed E-state index contributed by atoms with van der Waals surface area (Å²) in [6.45, 7) is 10.9. The summed E-state index contributed by atoms with van der Waals surface area (Å²) in [5, 5.41) is 7.45.